The van der Waals surface area contributed by atoms with Crippen molar-refractivity contribution in [1.29, 1.82) is 0 Å². The maximum atomic E-state index is 11.5. The van der Waals surface area contributed by atoms with Gasteiger partial charge in [-0.2, -0.15) is 0 Å². The van der Waals surface area contributed by atoms with Crippen LogP contribution in [0.5, 0.6) is 0 Å². The molecule has 1 aliphatic heterocycles. The summed E-state index contributed by atoms with van der Waals surface area (Å²) < 4.78 is 0. The molecule has 6 heteroatoms. The molecular weight excluding hydrogens is 232 g/mol. The van der Waals surface area contributed by atoms with E-state index in [0.29, 0.717) is 6.04 Å². The van der Waals surface area contributed by atoms with Gasteiger partial charge in [-0.25, -0.2) is 4.79 Å². The Balaban J connectivity index is 2.26. The summed E-state index contributed by atoms with van der Waals surface area (Å²) in [4.78, 5) is 24.4. The lowest BCUT2D eigenvalue weighted by atomic mass is 10.1. The van der Waals surface area contributed by atoms with Crippen LogP contribution >= 0.6 is 0 Å². The predicted molar refractivity (Wildman–Crippen MR) is 70.1 cm³/mol. The van der Waals surface area contributed by atoms with E-state index in [-0.39, 0.29) is 5.91 Å². The molecule has 0 spiro atoms. The zero-order valence-corrected chi connectivity index (χ0v) is 11.2. The molecule has 1 fully saturated rings. The average molecular weight is 256 g/mol. The van der Waals surface area contributed by atoms with Gasteiger partial charge in [0.1, 0.15) is 0 Å². The zero-order valence-electron chi connectivity index (χ0n) is 11.2. The number of amides is 3. The molecule has 1 heterocycles. The smallest absolute Gasteiger partial charge is 0.318 e. The number of hydrogen-bond acceptors (Lipinski definition) is 4. The van der Waals surface area contributed by atoms with Crippen molar-refractivity contribution >= 4 is 11.9 Å². The average Bonchev–Trinajstić information content (AvgIpc) is 2.35. The Hall–Kier alpha value is -1.14. The number of likely N-dealkylation sites (tertiary alicyclic amines) is 1. The Morgan fingerprint density at radius 1 is 1.22 bits per heavy atom. The SMILES string of the molecule is CC(NCC(C)N1CCCCC1)C(=O)NC(N)=O. The number of primary amides is 1. The highest BCUT2D eigenvalue weighted by Crippen LogP contribution is 2.11. The number of rotatable bonds is 5. The minimum absolute atomic E-state index is 0.381. The van der Waals surface area contributed by atoms with Gasteiger partial charge in [-0.15, -0.1) is 0 Å². The third-order valence-corrected chi connectivity index (χ3v) is 3.37. The molecule has 0 aromatic carbocycles. The third-order valence-electron chi connectivity index (χ3n) is 3.37. The van der Waals surface area contributed by atoms with Gasteiger partial charge in [-0.3, -0.25) is 15.0 Å². The summed E-state index contributed by atoms with van der Waals surface area (Å²) in [7, 11) is 0. The van der Waals surface area contributed by atoms with Gasteiger partial charge in [0.2, 0.25) is 5.91 Å². The number of hydrogen-bond donors (Lipinski definition) is 3. The Bertz CT molecular complexity index is 290. The van der Waals surface area contributed by atoms with Gasteiger partial charge < -0.3 is 11.1 Å². The first kappa shape index (κ1) is 14.9. The molecule has 4 N–H and O–H groups in total. The molecule has 2 atom stereocenters. The Morgan fingerprint density at radius 3 is 2.39 bits per heavy atom. The second-order valence-electron chi connectivity index (χ2n) is 4.93. The molecule has 2 unspecified atom stereocenters. The van der Waals surface area contributed by atoms with E-state index in [0.717, 1.165) is 19.6 Å². The summed E-state index contributed by atoms with van der Waals surface area (Å²) in [5.74, 6) is -0.381. The van der Waals surface area contributed by atoms with Crippen LogP contribution in [0.25, 0.3) is 0 Å². The first-order valence-electron chi connectivity index (χ1n) is 6.58. The summed E-state index contributed by atoms with van der Waals surface area (Å²) in [5, 5.41) is 5.19. The summed E-state index contributed by atoms with van der Waals surface area (Å²) >= 11 is 0. The maximum Gasteiger partial charge on any atom is 0.318 e. The number of imide groups is 1. The summed E-state index contributed by atoms with van der Waals surface area (Å²) in [5.41, 5.74) is 4.90. The van der Waals surface area contributed by atoms with Crippen LogP contribution in [0.15, 0.2) is 0 Å². The van der Waals surface area contributed by atoms with Gasteiger partial charge in [0, 0.05) is 12.6 Å². The van der Waals surface area contributed by atoms with Crippen LogP contribution in [0, 0.1) is 0 Å². The van der Waals surface area contributed by atoms with E-state index < -0.39 is 12.1 Å². The topological polar surface area (TPSA) is 87.5 Å². The van der Waals surface area contributed by atoms with Gasteiger partial charge in [0.25, 0.3) is 0 Å². The van der Waals surface area contributed by atoms with Gasteiger partial charge in [-0.05, 0) is 39.8 Å². The van der Waals surface area contributed by atoms with Crippen LogP contribution < -0.4 is 16.4 Å². The molecule has 0 saturated carbocycles. The highest BCUT2D eigenvalue weighted by Gasteiger charge is 2.19. The summed E-state index contributed by atoms with van der Waals surface area (Å²) in [6, 6.07) is -0.823. The number of nitrogens with two attached hydrogens (primary N) is 1. The molecule has 0 aromatic rings. The van der Waals surface area contributed by atoms with E-state index in [9.17, 15) is 9.59 Å². The lowest BCUT2D eigenvalue weighted by Crippen LogP contribution is -2.50. The fourth-order valence-corrected chi connectivity index (χ4v) is 2.16. The van der Waals surface area contributed by atoms with Gasteiger partial charge in [0.05, 0.1) is 6.04 Å². The van der Waals surface area contributed by atoms with E-state index >= 15 is 0 Å². The highest BCUT2D eigenvalue weighted by molar-refractivity contribution is 5.96. The van der Waals surface area contributed by atoms with Crippen LogP contribution in [-0.4, -0.2) is 48.6 Å². The van der Waals surface area contributed by atoms with Crippen LogP contribution in [0.2, 0.25) is 0 Å². The fraction of sp³-hybridized carbons (Fsp3) is 0.833. The molecule has 0 radical (unpaired) electrons. The summed E-state index contributed by atoms with van der Waals surface area (Å²) in [6.07, 6.45) is 3.82. The maximum absolute atomic E-state index is 11.5. The van der Waals surface area contributed by atoms with E-state index in [4.69, 9.17) is 5.73 Å². The monoisotopic (exact) mass is 256 g/mol. The van der Waals surface area contributed by atoms with Gasteiger partial charge in [0.15, 0.2) is 0 Å². The van der Waals surface area contributed by atoms with E-state index in [1.807, 2.05) is 0 Å². The lowest BCUT2D eigenvalue weighted by Gasteiger charge is -2.33. The van der Waals surface area contributed by atoms with Crippen molar-refractivity contribution in [3.63, 3.8) is 0 Å². The Kier molecular flexibility index (Phi) is 6.07. The molecule has 0 aliphatic carbocycles. The number of nitrogens with one attached hydrogen (secondary N) is 2. The van der Waals surface area contributed by atoms with Crippen LogP contribution in [0.3, 0.4) is 0 Å². The largest absolute Gasteiger partial charge is 0.351 e. The number of piperidine rings is 1. The number of carbonyl (C=O) groups excluding carboxylic acids is 2. The first-order valence-corrected chi connectivity index (χ1v) is 6.58. The molecule has 1 aliphatic rings. The molecule has 0 bridgehead atoms. The van der Waals surface area contributed by atoms with Crippen molar-refractivity contribution in [3.05, 3.63) is 0 Å². The number of nitrogens with zero attached hydrogens (tertiary/aromatic N) is 1. The van der Waals surface area contributed by atoms with E-state index in [1.54, 1.807) is 6.92 Å². The number of urea groups is 1. The molecule has 1 rings (SSSR count). The van der Waals surface area contributed by atoms with Crippen molar-refractivity contribution in [2.45, 2.75) is 45.2 Å². The van der Waals surface area contributed by atoms with Crippen molar-refractivity contribution in [2.75, 3.05) is 19.6 Å². The standard InChI is InChI=1S/C12H24N4O2/c1-9(16-6-4-3-5-7-16)8-14-10(2)11(17)15-12(13)18/h9-10,14H,3-8H2,1-2H3,(H3,13,15,17,18). The first-order chi connectivity index (χ1) is 8.50. The van der Waals surface area contributed by atoms with E-state index in [2.05, 4.69) is 22.5 Å². The van der Waals surface area contributed by atoms with Crippen LogP contribution in [0.1, 0.15) is 33.1 Å². The Morgan fingerprint density at radius 2 is 1.83 bits per heavy atom. The van der Waals surface area contributed by atoms with E-state index in [1.165, 1.54) is 19.3 Å². The molecule has 104 valence electrons. The molecule has 0 aromatic heterocycles. The highest BCUT2D eigenvalue weighted by atomic mass is 16.2. The quantitative estimate of drug-likeness (QED) is 0.648. The molecule has 1 saturated heterocycles. The minimum Gasteiger partial charge on any atom is -0.351 e. The minimum atomic E-state index is -0.808. The lowest BCUT2D eigenvalue weighted by molar-refractivity contribution is -0.121. The second kappa shape index (κ2) is 7.33. The van der Waals surface area contributed by atoms with Gasteiger partial charge >= 0.3 is 6.03 Å². The van der Waals surface area contributed by atoms with Crippen molar-refractivity contribution in [3.8, 4) is 0 Å². The molecule has 18 heavy (non-hydrogen) atoms. The summed E-state index contributed by atoms with van der Waals surface area (Å²) in [6.45, 7) is 6.86. The molecule has 3 amide bonds. The van der Waals surface area contributed by atoms with Gasteiger partial charge in [-0.1, -0.05) is 6.42 Å². The van der Waals surface area contributed by atoms with Crippen molar-refractivity contribution in [2.24, 2.45) is 5.73 Å². The van der Waals surface area contributed by atoms with Crippen LogP contribution in [0.4, 0.5) is 4.79 Å². The molecular formula is C12H24N4O2. The van der Waals surface area contributed by atoms with Crippen LogP contribution in [-0.2, 0) is 4.79 Å². The van der Waals surface area contributed by atoms with Crippen molar-refractivity contribution in [1.82, 2.24) is 15.5 Å². The Labute approximate surface area is 108 Å². The molecule has 6 nitrogen and oxygen atoms in total. The second-order valence-corrected chi connectivity index (χ2v) is 4.93. The normalized spacial score (nSPS) is 20.1. The zero-order chi connectivity index (χ0) is 13.5. The predicted octanol–water partition coefficient (Wildman–Crippen LogP) is 0.0338. The number of carbonyl (C=O) groups is 2. The fourth-order valence-electron chi connectivity index (χ4n) is 2.16. The third kappa shape index (κ3) is 5.01. The van der Waals surface area contributed by atoms with Crippen molar-refractivity contribution < 1.29 is 9.59 Å².